The average Bonchev–Trinajstić information content (AvgIpc) is 2.39. The van der Waals surface area contributed by atoms with E-state index in [0.717, 1.165) is 13.0 Å². The fourth-order valence-electron chi connectivity index (χ4n) is 2.02. The van der Waals surface area contributed by atoms with Crippen molar-refractivity contribution in [1.29, 1.82) is 0 Å². The molecule has 6 heteroatoms. The van der Waals surface area contributed by atoms with Gasteiger partial charge in [-0.3, -0.25) is 4.72 Å². The second kappa shape index (κ2) is 5.58. The third kappa shape index (κ3) is 3.14. The zero-order chi connectivity index (χ0) is 13.0. The fourth-order valence-corrected chi connectivity index (χ4v) is 3.46. The Morgan fingerprint density at radius 2 is 2.28 bits per heavy atom. The van der Waals surface area contributed by atoms with Crippen molar-refractivity contribution in [3.63, 3.8) is 0 Å². The predicted molar refractivity (Wildman–Crippen MR) is 71.4 cm³/mol. The maximum atomic E-state index is 12.2. The van der Waals surface area contributed by atoms with Crippen LogP contribution in [-0.4, -0.2) is 33.9 Å². The summed E-state index contributed by atoms with van der Waals surface area (Å²) in [5, 5.41) is 2.74. The Labute approximate surface area is 108 Å². The van der Waals surface area contributed by atoms with Crippen LogP contribution in [0.25, 0.3) is 0 Å². The van der Waals surface area contributed by atoms with Crippen molar-refractivity contribution in [2.45, 2.75) is 18.1 Å². The molecule has 1 aliphatic heterocycles. The topological polar surface area (TPSA) is 67.4 Å². The third-order valence-electron chi connectivity index (χ3n) is 3.02. The number of benzene rings is 1. The zero-order valence-corrected chi connectivity index (χ0v) is 11.2. The number of sulfonamides is 1. The molecule has 1 unspecified atom stereocenters. The highest BCUT2D eigenvalue weighted by Crippen LogP contribution is 2.20. The van der Waals surface area contributed by atoms with Crippen LogP contribution < -0.4 is 14.8 Å². The van der Waals surface area contributed by atoms with Crippen molar-refractivity contribution in [3.05, 3.63) is 24.3 Å². The number of ether oxygens (including phenoxy) is 1. The van der Waals surface area contributed by atoms with E-state index in [1.165, 1.54) is 0 Å². The number of methoxy groups -OCH3 is 1. The molecule has 1 heterocycles. The van der Waals surface area contributed by atoms with Crippen molar-refractivity contribution in [3.8, 4) is 5.75 Å². The summed E-state index contributed by atoms with van der Waals surface area (Å²) < 4.78 is 32.0. The largest absolute Gasteiger partial charge is 0.497 e. The number of piperidine rings is 1. The van der Waals surface area contributed by atoms with Crippen LogP contribution in [0.15, 0.2) is 24.3 Å². The Morgan fingerprint density at radius 3 is 2.94 bits per heavy atom. The van der Waals surface area contributed by atoms with Gasteiger partial charge in [-0.05, 0) is 31.5 Å². The summed E-state index contributed by atoms with van der Waals surface area (Å²) in [4.78, 5) is 0. The van der Waals surface area contributed by atoms with Gasteiger partial charge in [0, 0.05) is 12.6 Å². The molecule has 1 aromatic rings. The van der Waals surface area contributed by atoms with Crippen LogP contribution in [0.1, 0.15) is 12.8 Å². The molecule has 1 aromatic carbocycles. The molecule has 0 aromatic heterocycles. The van der Waals surface area contributed by atoms with Crippen molar-refractivity contribution in [1.82, 2.24) is 5.32 Å². The molecule has 5 nitrogen and oxygen atoms in total. The predicted octanol–water partition coefficient (Wildman–Crippen LogP) is 1.19. The Morgan fingerprint density at radius 1 is 1.44 bits per heavy atom. The number of hydrogen-bond donors (Lipinski definition) is 2. The summed E-state index contributed by atoms with van der Waals surface area (Å²) in [6.45, 7) is 1.41. The van der Waals surface area contributed by atoms with Crippen molar-refractivity contribution in [2.24, 2.45) is 0 Å². The van der Waals surface area contributed by atoms with Crippen LogP contribution in [0.4, 0.5) is 5.69 Å². The summed E-state index contributed by atoms with van der Waals surface area (Å²) in [5.41, 5.74) is 0.542. The van der Waals surface area contributed by atoms with Gasteiger partial charge in [0.2, 0.25) is 10.0 Å². The lowest BCUT2D eigenvalue weighted by atomic mass is 10.2. The second-order valence-electron chi connectivity index (χ2n) is 4.35. The van der Waals surface area contributed by atoms with Crippen molar-refractivity contribution < 1.29 is 13.2 Å². The van der Waals surface area contributed by atoms with E-state index in [0.29, 0.717) is 24.4 Å². The van der Waals surface area contributed by atoms with Gasteiger partial charge in [0.1, 0.15) is 5.75 Å². The Balaban J connectivity index is 2.11. The highest BCUT2D eigenvalue weighted by Gasteiger charge is 2.27. The first kappa shape index (κ1) is 13.2. The first-order chi connectivity index (χ1) is 8.62. The lowest BCUT2D eigenvalue weighted by molar-refractivity contribution is 0.415. The van der Waals surface area contributed by atoms with Gasteiger partial charge in [-0.2, -0.15) is 0 Å². The molecule has 2 N–H and O–H groups in total. The normalized spacial score (nSPS) is 20.4. The van der Waals surface area contributed by atoms with E-state index in [1.807, 2.05) is 0 Å². The van der Waals surface area contributed by atoms with Gasteiger partial charge in [0.25, 0.3) is 0 Å². The van der Waals surface area contributed by atoms with Gasteiger partial charge in [0.05, 0.1) is 18.0 Å². The first-order valence-electron chi connectivity index (χ1n) is 5.98. The maximum absolute atomic E-state index is 12.2. The molecule has 0 amide bonds. The summed E-state index contributed by atoms with van der Waals surface area (Å²) in [6.07, 6.45) is 1.59. The molecule has 0 bridgehead atoms. The number of anilines is 1. The number of nitrogens with one attached hydrogen (secondary N) is 2. The van der Waals surface area contributed by atoms with Gasteiger partial charge in [0.15, 0.2) is 0 Å². The van der Waals surface area contributed by atoms with Crippen molar-refractivity contribution in [2.75, 3.05) is 24.9 Å². The van der Waals surface area contributed by atoms with E-state index in [1.54, 1.807) is 31.4 Å². The molecule has 100 valence electrons. The van der Waals surface area contributed by atoms with Crippen LogP contribution in [0, 0.1) is 0 Å². The zero-order valence-electron chi connectivity index (χ0n) is 10.3. The van der Waals surface area contributed by atoms with Gasteiger partial charge < -0.3 is 10.1 Å². The molecular weight excluding hydrogens is 252 g/mol. The second-order valence-corrected chi connectivity index (χ2v) is 6.31. The van der Waals surface area contributed by atoms with E-state index in [4.69, 9.17) is 4.74 Å². The Bertz CT molecular complexity index is 496. The van der Waals surface area contributed by atoms with E-state index in [9.17, 15) is 8.42 Å². The summed E-state index contributed by atoms with van der Waals surface area (Å²) in [6, 6.07) is 6.93. The molecule has 2 rings (SSSR count). The van der Waals surface area contributed by atoms with E-state index < -0.39 is 10.0 Å². The highest BCUT2D eigenvalue weighted by molar-refractivity contribution is 7.93. The third-order valence-corrected chi connectivity index (χ3v) is 4.82. The number of hydrogen-bond acceptors (Lipinski definition) is 4. The van der Waals surface area contributed by atoms with Gasteiger partial charge >= 0.3 is 0 Å². The first-order valence-corrected chi connectivity index (χ1v) is 7.53. The molecule has 1 aliphatic rings. The molecule has 18 heavy (non-hydrogen) atoms. The minimum atomic E-state index is -3.33. The Kier molecular flexibility index (Phi) is 4.08. The minimum Gasteiger partial charge on any atom is -0.497 e. The summed E-state index contributed by atoms with van der Waals surface area (Å²) in [7, 11) is -1.78. The van der Waals surface area contributed by atoms with E-state index in [-0.39, 0.29) is 5.25 Å². The lowest BCUT2D eigenvalue weighted by Crippen LogP contribution is -2.41. The average molecular weight is 270 g/mol. The SMILES string of the molecule is COc1cccc(NS(=O)(=O)C2CCCNC2)c1. The summed E-state index contributed by atoms with van der Waals surface area (Å²) >= 11 is 0. The lowest BCUT2D eigenvalue weighted by Gasteiger charge is -2.23. The molecule has 1 saturated heterocycles. The summed E-state index contributed by atoms with van der Waals surface area (Å²) in [5.74, 6) is 0.636. The molecule has 1 fully saturated rings. The monoisotopic (exact) mass is 270 g/mol. The van der Waals surface area contributed by atoms with Crippen LogP contribution in [0.2, 0.25) is 0 Å². The van der Waals surface area contributed by atoms with Gasteiger partial charge in [-0.1, -0.05) is 6.07 Å². The molecular formula is C12H18N2O3S. The molecule has 1 atom stereocenters. The van der Waals surface area contributed by atoms with Crippen LogP contribution in [0.3, 0.4) is 0 Å². The molecule has 0 radical (unpaired) electrons. The van der Waals surface area contributed by atoms with Gasteiger partial charge in [-0.15, -0.1) is 0 Å². The smallest absolute Gasteiger partial charge is 0.236 e. The maximum Gasteiger partial charge on any atom is 0.236 e. The van der Waals surface area contributed by atoms with Crippen LogP contribution in [-0.2, 0) is 10.0 Å². The molecule has 0 spiro atoms. The molecule has 0 aliphatic carbocycles. The van der Waals surface area contributed by atoms with Crippen LogP contribution in [0.5, 0.6) is 5.75 Å². The highest BCUT2D eigenvalue weighted by atomic mass is 32.2. The van der Waals surface area contributed by atoms with E-state index >= 15 is 0 Å². The standard InChI is InChI=1S/C12H18N2O3S/c1-17-11-5-2-4-10(8-11)14-18(15,16)12-6-3-7-13-9-12/h2,4-5,8,12-14H,3,6-7,9H2,1H3. The van der Waals surface area contributed by atoms with Crippen molar-refractivity contribution >= 4 is 15.7 Å². The molecule has 0 saturated carbocycles. The Hall–Kier alpha value is -1.27. The quantitative estimate of drug-likeness (QED) is 0.862. The van der Waals surface area contributed by atoms with Gasteiger partial charge in [-0.25, -0.2) is 8.42 Å². The van der Waals surface area contributed by atoms with E-state index in [2.05, 4.69) is 10.0 Å². The minimum absolute atomic E-state index is 0.363. The van der Waals surface area contributed by atoms with Crippen LogP contribution >= 0.6 is 0 Å². The number of rotatable bonds is 4. The fraction of sp³-hybridized carbons (Fsp3) is 0.500.